The molecule has 9 atom stereocenters. The summed E-state index contributed by atoms with van der Waals surface area (Å²) in [6.07, 6.45) is -2.81. The topological polar surface area (TPSA) is 196 Å². The van der Waals surface area contributed by atoms with Crippen molar-refractivity contribution >= 4 is 5.97 Å². The van der Waals surface area contributed by atoms with Crippen LogP contribution in [0.3, 0.4) is 0 Å². The van der Waals surface area contributed by atoms with Crippen LogP contribution >= 0.6 is 0 Å². The van der Waals surface area contributed by atoms with E-state index in [9.17, 15) is 40.5 Å². The van der Waals surface area contributed by atoms with Gasteiger partial charge in [-0.05, 0) is 6.42 Å². The molecule has 12 nitrogen and oxygen atoms in total. The third kappa shape index (κ3) is 8.29. The van der Waals surface area contributed by atoms with E-state index in [1.165, 1.54) is 32.1 Å². The SMILES string of the molecule is CCCCCCCCCCCC(=O)OCC1O[C@@H](O[C@]2(CO)O[C@@H](CO)[C@@H](O)C2O)C(O)[C@@H](O)[C@H]1O. The molecule has 2 aliphatic heterocycles. The van der Waals surface area contributed by atoms with E-state index in [-0.39, 0.29) is 6.42 Å². The minimum atomic E-state index is -2.27. The third-order valence-corrected chi connectivity index (χ3v) is 6.78. The molecule has 0 amide bonds. The zero-order valence-corrected chi connectivity index (χ0v) is 21.0. The Bertz CT molecular complexity index is 636. The number of aliphatic hydroxyl groups excluding tert-OH is 7. The summed E-state index contributed by atoms with van der Waals surface area (Å²) in [5.74, 6) is -2.76. The number of carbonyl (C=O) groups excluding carboxylic acids is 1. The first-order valence-corrected chi connectivity index (χ1v) is 13.0. The molecular formula is C24H44O12. The van der Waals surface area contributed by atoms with Gasteiger partial charge in [0.15, 0.2) is 6.29 Å². The molecule has 0 bridgehead atoms. The molecule has 7 N–H and O–H groups in total. The summed E-state index contributed by atoms with van der Waals surface area (Å²) in [6.45, 7) is 0.0841. The lowest BCUT2D eigenvalue weighted by molar-refractivity contribution is -0.383. The first kappa shape index (κ1) is 31.3. The number of rotatable bonds is 16. The fraction of sp³-hybridized carbons (Fsp3) is 0.958. The summed E-state index contributed by atoms with van der Waals surface area (Å²) >= 11 is 0. The Balaban J connectivity index is 1.80. The maximum Gasteiger partial charge on any atom is 0.305 e. The number of hydrogen-bond donors (Lipinski definition) is 7. The van der Waals surface area contributed by atoms with E-state index in [0.29, 0.717) is 6.42 Å². The van der Waals surface area contributed by atoms with Crippen molar-refractivity contribution in [3.8, 4) is 0 Å². The molecule has 2 saturated heterocycles. The van der Waals surface area contributed by atoms with Gasteiger partial charge in [0.05, 0.1) is 6.61 Å². The maximum absolute atomic E-state index is 12.1. The summed E-state index contributed by atoms with van der Waals surface area (Å²) in [4.78, 5) is 12.1. The molecule has 3 unspecified atom stereocenters. The highest BCUT2D eigenvalue weighted by atomic mass is 16.8. The Morgan fingerprint density at radius 3 is 1.97 bits per heavy atom. The Morgan fingerprint density at radius 2 is 1.42 bits per heavy atom. The van der Waals surface area contributed by atoms with Gasteiger partial charge in [-0.1, -0.05) is 58.3 Å². The zero-order valence-electron chi connectivity index (χ0n) is 21.0. The number of aliphatic hydroxyl groups is 7. The molecule has 0 aliphatic carbocycles. The van der Waals surface area contributed by atoms with Crippen molar-refractivity contribution in [2.24, 2.45) is 0 Å². The van der Waals surface area contributed by atoms with E-state index in [1.807, 2.05) is 0 Å². The lowest BCUT2D eigenvalue weighted by Crippen LogP contribution is -2.62. The largest absolute Gasteiger partial charge is 0.463 e. The number of carbonyl (C=O) groups is 1. The van der Waals surface area contributed by atoms with Crippen LogP contribution in [0.5, 0.6) is 0 Å². The Kier molecular flexibility index (Phi) is 13.4. The molecule has 12 heteroatoms. The van der Waals surface area contributed by atoms with E-state index in [2.05, 4.69) is 6.92 Å². The molecule has 2 fully saturated rings. The van der Waals surface area contributed by atoms with E-state index < -0.39 is 80.6 Å². The Labute approximate surface area is 211 Å². The molecule has 0 spiro atoms. The molecular weight excluding hydrogens is 480 g/mol. The van der Waals surface area contributed by atoms with Gasteiger partial charge >= 0.3 is 5.97 Å². The monoisotopic (exact) mass is 524 g/mol. The molecule has 0 aromatic carbocycles. The first-order chi connectivity index (χ1) is 17.2. The van der Waals surface area contributed by atoms with Gasteiger partial charge < -0.3 is 54.7 Å². The average molecular weight is 525 g/mol. The third-order valence-electron chi connectivity index (χ3n) is 6.78. The second-order valence-corrected chi connectivity index (χ2v) is 9.64. The number of ether oxygens (including phenoxy) is 4. The first-order valence-electron chi connectivity index (χ1n) is 13.0. The van der Waals surface area contributed by atoms with Gasteiger partial charge in [0.25, 0.3) is 0 Å². The molecule has 212 valence electrons. The van der Waals surface area contributed by atoms with E-state index in [4.69, 9.17) is 18.9 Å². The van der Waals surface area contributed by atoms with Crippen molar-refractivity contribution in [2.75, 3.05) is 19.8 Å². The summed E-state index contributed by atoms with van der Waals surface area (Å²) in [5, 5.41) is 70.1. The predicted molar refractivity (Wildman–Crippen MR) is 124 cm³/mol. The standard InChI is InChI=1S/C24H44O12/c1-2-3-4-5-6-7-8-9-10-11-17(27)33-13-16-18(28)20(30)21(31)23(34-16)36-24(14-26)22(32)19(29)15(12-25)35-24/h15-16,18-23,25-26,28-32H,2-14H2,1H3/t15-,16?,18-,19+,20-,21?,22?,23-,24-/m0/s1. The van der Waals surface area contributed by atoms with Gasteiger partial charge in [0.2, 0.25) is 5.79 Å². The quantitative estimate of drug-likeness (QED) is 0.0970. The van der Waals surface area contributed by atoms with Crippen LogP contribution in [-0.2, 0) is 23.7 Å². The number of esters is 1. The van der Waals surface area contributed by atoms with Crippen LogP contribution in [0.4, 0.5) is 0 Å². The van der Waals surface area contributed by atoms with E-state index in [0.717, 1.165) is 19.3 Å². The van der Waals surface area contributed by atoms with Crippen molar-refractivity contribution in [3.05, 3.63) is 0 Å². The fourth-order valence-corrected chi connectivity index (χ4v) is 4.45. The van der Waals surface area contributed by atoms with Crippen LogP contribution in [0.25, 0.3) is 0 Å². The second-order valence-electron chi connectivity index (χ2n) is 9.64. The van der Waals surface area contributed by atoms with Crippen LogP contribution in [0, 0.1) is 0 Å². The van der Waals surface area contributed by atoms with Gasteiger partial charge in [-0.15, -0.1) is 0 Å². The second kappa shape index (κ2) is 15.5. The zero-order chi connectivity index (χ0) is 26.7. The number of hydrogen-bond acceptors (Lipinski definition) is 12. The lowest BCUT2D eigenvalue weighted by Gasteiger charge is -2.43. The molecule has 0 aromatic rings. The molecule has 2 rings (SSSR count). The van der Waals surface area contributed by atoms with Crippen molar-refractivity contribution in [1.82, 2.24) is 0 Å². The summed E-state index contributed by atoms with van der Waals surface area (Å²) in [5.41, 5.74) is 0. The van der Waals surface area contributed by atoms with Gasteiger partial charge in [-0.3, -0.25) is 4.79 Å². The molecule has 0 aromatic heterocycles. The highest BCUT2D eigenvalue weighted by molar-refractivity contribution is 5.69. The van der Waals surface area contributed by atoms with Crippen molar-refractivity contribution in [2.45, 2.75) is 126 Å². The van der Waals surface area contributed by atoms with Crippen LogP contribution in [-0.4, -0.2) is 116 Å². The lowest BCUT2D eigenvalue weighted by atomic mass is 9.99. The van der Waals surface area contributed by atoms with E-state index in [1.54, 1.807) is 0 Å². The fourth-order valence-electron chi connectivity index (χ4n) is 4.45. The van der Waals surface area contributed by atoms with Crippen molar-refractivity contribution < 1.29 is 59.5 Å². The smallest absolute Gasteiger partial charge is 0.305 e. The summed E-state index contributed by atoms with van der Waals surface area (Å²) in [6, 6.07) is 0. The van der Waals surface area contributed by atoms with Crippen molar-refractivity contribution in [3.63, 3.8) is 0 Å². The highest BCUT2D eigenvalue weighted by Gasteiger charge is 2.58. The molecule has 36 heavy (non-hydrogen) atoms. The van der Waals surface area contributed by atoms with Gasteiger partial charge in [-0.25, -0.2) is 0 Å². The molecule has 0 saturated carbocycles. The normalized spacial score (nSPS) is 36.8. The minimum absolute atomic E-state index is 0.192. The van der Waals surface area contributed by atoms with Crippen molar-refractivity contribution in [1.29, 1.82) is 0 Å². The molecule has 2 heterocycles. The number of unbranched alkanes of at least 4 members (excludes halogenated alkanes) is 8. The van der Waals surface area contributed by atoms with Gasteiger partial charge in [0.1, 0.15) is 55.9 Å². The van der Waals surface area contributed by atoms with Crippen LogP contribution < -0.4 is 0 Å². The Hall–Kier alpha value is -0.930. The van der Waals surface area contributed by atoms with Crippen LogP contribution in [0.15, 0.2) is 0 Å². The van der Waals surface area contributed by atoms with E-state index >= 15 is 0 Å². The van der Waals surface area contributed by atoms with Crippen LogP contribution in [0.2, 0.25) is 0 Å². The Morgan fingerprint density at radius 1 is 0.806 bits per heavy atom. The van der Waals surface area contributed by atoms with Crippen LogP contribution in [0.1, 0.15) is 71.1 Å². The minimum Gasteiger partial charge on any atom is -0.463 e. The average Bonchev–Trinajstić information content (AvgIpc) is 3.12. The van der Waals surface area contributed by atoms with Gasteiger partial charge in [0, 0.05) is 6.42 Å². The highest BCUT2D eigenvalue weighted by Crippen LogP contribution is 2.36. The van der Waals surface area contributed by atoms with Gasteiger partial charge in [-0.2, -0.15) is 0 Å². The molecule has 2 aliphatic rings. The molecule has 0 radical (unpaired) electrons. The summed E-state index contributed by atoms with van der Waals surface area (Å²) < 4.78 is 21.3. The summed E-state index contributed by atoms with van der Waals surface area (Å²) in [7, 11) is 0. The maximum atomic E-state index is 12.1. The predicted octanol–water partition coefficient (Wildman–Crippen LogP) is -0.924.